The number of amides is 3. The van der Waals surface area contributed by atoms with Crippen molar-refractivity contribution in [3.63, 3.8) is 0 Å². The molecule has 0 saturated carbocycles. The Kier molecular flexibility index (Phi) is 5.87. The van der Waals surface area contributed by atoms with Gasteiger partial charge in [0, 0.05) is 37.6 Å². The van der Waals surface area contributed by atoms with Crippen molar-refractivity contribution >= 4 is 33.6 Å². The van der Waals surface area contributed by atoms with Crippen LogP contribution in [0.2, 0.25) is 0 Å². The summed E-state index contributed by atoms with van der Waals surface area (Å²) in [6.07, 6.45) is 1.39. The molecule has 1 aliphatic heterocycles. The quantitative estimate of drug-likeness (QED) is 0.872. The molecule has 6 nitrogen and oxygen atoms in total. The molecule has 1 aromatic rings. The minimum Gasteiger partial charge on any atom is -0.495 e. The summed E-state index contributed by atoms with van der Waals surface area (Å²) in [6, 6.07) is 5.28. The molecule has 3 amide bonds. The number of halogens is 1. The Morgan fingerprint density at radius 2 is 1.96 bits per heavy atom. The molecule has 0 bridgehead atoms. The Hall–Kier alpha value is -1.76. The van der Waals surface area contributed by atoms with Crippen LogP contribution in [0.25, 0.3) is 0 Å². The molecule has 1 aromatic carbocycles. The zero-order valence-electron chi connectivity index (χ0n) is 13.6. The summed E-state index contributed by atoms with van der Waals surface area (Å²) in [6.45, 7) is 1.15. The molecule has 1 aliphatic rings. The third kappa shape index (κ3) is 4.37. The van der Waals surface area contributed by atoms with E-state index in [9.17, 15) is 9.59 Å². The van der Waals surface area contributed by atoms with Crippen LogP contribution < -0.4 is 10.1 Å². The summed E-state index contributed by atoms with van der Waals surface area (Å²) < 4.78 is 6.12. The second-order valence-corrected chi connectivity index (χ2v) is 6.68. The number of carbonyl (C=O) groups excluding carboxylic acids is 2. The van der Waals surface area contributed by atoms with Crippen LogP contribution in [0.15, 0.2) is 22.7 Å². The van der Waals surface area contributed by atoms with E-state index in [1.165, 1.54) is 0 Å². The van der Waals surface area contributed by atoms with Crippen molar-refractivity contribution in [1.29, 1.82) is 0 Å². The van der Waals surface area contributed by atoms with Gasteiger partial charge >= 0.3 is 6.03 Å². The molecule has 1 saturated heterocycles. The van der Waals surface area contributed by atoms with Gasteiger partial charge in [-0.1, -0.05) is 15.9 Å². The molecule has 23 heavy (non-hydrogen) atoms. The third-order valence-corrected chi connectivity index (χ3v) is 4.47. The van der Waals surface area contributed by atoms with Gasteiger partial charge in [0.15, 0.2) is 0 Å². The SMILES string of the molecule is COc1ccc(Br)cc1NC(=O)N1CCC(C(=O)N(C)C)CC1. The number of urea groups is 1. The predicted molar refractivity (Wildman–Crippen MR) is 92.7 cm³/mol. The number of methoxy groups -OCH3 is 1. The van der Waals surface area contributed by atoms with E-state index in [4.69, 9.17) is 4.74 Å². The van der Waals surface area contributed by atoms with E-state index in [2.05, 4.69) is 21.2 Å². The van der Waals surface area contributed by atoms with E-state index < -0.39 is 0 Å². The van der Waals surface area contributed by atoms with Crippen LogP contribution in [0.5, 0.6) is 5.75 Å². The zero-order valence-corrected chi connectivity index (χ0v) is 15.2. The monoisotopic (exact) mass is 383 g/mol. The molecule has 1 heterocycles. The van der Waals surface area contributed by atoms with Crippen LogP contribution in [-0.2, 0) is 4.79 Å². The van der Waals surface area contributed by atoms with Crippen LogP contribution in [0, 0.1) is 5.92 Å². The molecule has 0 radical (unpaired) electrons. The minimum atomic E-state index is -0.169. The number of nitrogens with zero attached hydrogens (tertiary/aromatic N) is 2. The first-order valence-electron chi connectivity index (χ1n) is 7.53. The van der Waals surface area contributed by atoms with Crippen molar-refractivity contribution in [2.45, 2.75) is 12.8 Å². The molecule has 1 fully saturated rings. The van der Waals surface area contributed by atoms with Crippen molar-refractivity contribution in [3.05, 3.63) is 22.7 Å². The topological polar surface area (TPSA) is 61.9 Å². The van der Waals surface area contributed by atoms with Gasteiger partial charge in [0.1, 0.15) is 5.75 Å². The highest BCUT2D eigenvalue weighted by Gasteiger charge is 2.28. The standard InChI is InChI=1S/C16H22BrN3O3/c1-19(2)15(21)11-6-8-20(9-7-11)16(22)18-13-10-12(17)4-5-14(13)23-3/h4-5,10-11H,6-9H2,1-3H3,(H,18,22). The van der Waals surface area contributed by atoms with Crippen molar-refractivity contribution in [3.8, 4) is 5.75 Å². The van der Waals surface area contributed by atoms with Gasteiger partial charge in [0.05, 0.1) is 12.8 Å². The lowest BCUT2D eigenvalue weighted by Crippen LogP contribution is -2.44. The number of ether oxygens (including phenoxy) is 1. The Balaban J connectivity index is 1.96. The zero-order chi connectivity index (χ0) is 17.0. The Morgan fingerprint density at radius 1 is 1.30 bits per heavy atom. The van der Waals surface area contributed by atoms with Gasteiger partial charge in [-0.15, -0.1) is 0 Å². The smallest absolute Gasteiger partial charge is 0.321 e. The molecule has 0 atom stereocenters. The fourth-order valence-electron chi connectivity index (χ4n) is 2.67. The highest BCUT2D eigenvalue weighted by Crippen LogP contribution is 2.28. The number of carbonyl (C=O) groups is 2. The first kappa shape index (κ1) is 17.6. The van der Waals surface area contributed by atoms with E-state index >= 15 is 0 Å². The normalized spacial score (nSPS) is 15.2. The fraction of sp³-hybridized carbons (Fsp3) is 0.500. The Bertz CT molecular complexity index is 584. The van der Waals surface area contributed by atoms with Crippen molar-refractivity contribution in [1.82, 2.24) is 9.80 Å². The molecule has 7 heteroatoms. The van der Waals surface area contributed by atoms with Gasteiger partial charge in [0.25, 0.3) is 0 Å². The average Bonchev–Trinajstić information content (AvgIpc) is 2.54. The largest absolute Gasteiger partial charge is 0.495 e. The molecule has 0 aliphatic carbocycles. The van der Waals surface area contributed by atoms with Gasteiger partial charge in [-0.05, 0) is 31.0 Å². The number of piperidine rings is 1. The van der Waals surface area contributed by atoms with Gasteiger partial charge in [0.2, 0.25) is 5.91 Å². The lowest BCUT2D eigenvalue weighted by atomic mass is 9.96. The average molecular weight is 384 g/mol. The van der Waals surface area contributed by atoms with Gasteiger partial charge < -0.3 is 19.9 Å². The number of hydrogen-bond acceptors (Lipinski definition) is 3. The van der Waals surface area contributed by atoms with Crippen molar-refractivity contribution in [2.75, 3.05) is 39.6 Å². The number of hydrogen-bond donors (Lipinski definition) is 1. The summed E-state index contributed by atoms with van der Waals surface area (Å²) in [4.78, 5) is 27.7. The van der Waals surface area contributed by atoms with E-state index in [0.29, 0.717) is 37.4 Å². The lowest BCUT2D eigenvalue weighted by molar-refractivity contribution is -0.134. The van der Waals surface area contributed by atoms with Gasteiger partial charge in [-0.2, -0.15) is 0 Å². The maximum atomic E-state index is 12.4. The molecule has 2 rings (SSSR count). The highest BCUT2D eigenvalue weighted by atomic mass is 79.9. The maximum Gasteiger partial charge on any atom is 0.321 e. The first-order chi connectivity index (χ1) is 10.9. The molecule has 0 aromatic heterocycles. The third-order valence-electron chi connectivity index (χ3n) is 3.98. The molecular formula is C16H22BrN3O3. The van der Waals surface area contributed by atoms with E-state index in [1.54, 1.807) is 43.1 Å². The minimum absolute atomic E-state index is 0.00876. The molecule has 0 unspecified atom stereocenters. The van der Waals surface area contributed by atoms with Gasteiger partial charge in [-0.25, -0.2) is 4.79 Å². The number of likely N-dealkylation sites (tertiary alicyclic amines) is 1. The molecular weight excluding hydrogens is 362 g/mol. The predicted octanol–water partition coefficient (Wildman–Crippen LogP) is 2.79. The summed E-state index contributed by atoms with van der Waals surface area (Å²) >= 11 is 3.39. The van der Waals surface area contributed by atoms with Crippen LogP contribution in [0.3, 0.4) is 0 Å². The fourth-order valence-corrected chi connectivity index (χ4v) is 3.03. The second-order valence-electron chi connectivity index (χ2n) is 5.77. The van der Waals surface area contributed by atoms with Crippen LogP contribution in [0.4, 0.5) is 10.5 Å². The van der Waals surface area contributed by atoms with E-state index in [0.717, 1.165) is 4.47 Å². The van der Waals surface area contributed by atoms with Crippen molar-refractivity contribution < 1.29 is 14.3 Å². The summed E-state index contributed by atoms with van der Waals surface area (Å²) in [5, 5.41) is 2.88. The second kappa shape index (κ2) is 7.68. The maximum absolute atomic E-state index is 12.4. The first-order valence-corrected chi connectivity index (χ1v) is 8.32. The van der Waals surface area contributed by atoms with E-state index in [-0.39, 0.29) is 17.9 Å². The number of nitrogens with one attached hydrogen (secondary N) is 1. The molecule has 1 N–H and O–H groups in total. The summed E-state index contributed by atoms with van der Waals surface area (Å²) in [7, 11) is 5.10. The molecule has 126 valence electrons. The lowest BCUT2D eigenvalue weighted by Gasteiger charge is -2.32. The number of rotatable bonds is 3. The Morgan fingerprint density at radius 3 is 2.52 bits per heavy atom. The van der Waals surface area contributed by atoms with Gasteiger partial charge in [-0.3, -0.25) is 4.79 Å². The van der Waals surface area contributed by atoms with Crippen LogP contribution in [-0.4, -0.2) is 56.0 Å². The van der Waals surface area contributed by atoms with Crippen LogP contribution >= 0.6 is 15.9 Å². The Labute approximate surface area is 144 Å². The number of benzene rings is 1. The highest BCUT2D eigenvalue weighted by molar-refractivity contribution is 9.10. The molecule has 0 spiro atoms. The van der Waals surface area contributed by atoms with E-state index in [1.807, 2.05) is 6.07 Å². The van der Waals surface area contributed by atoms with Crippen LogP contribution in [0.1, 0.15) is 12.8 Å². The summed E-state index contributed by atoms with van der Waals surface area (Å²) in [5.41, 5.74) is 0.623. The van der Waals surface area contributed by atoms with Crippen molar-refractivity contribution in [2.24, 2.45) is 5.92 Å². The number of anilines is 1. The summed E-state index contributed by atoms with van der Waals surface area (Å²) in [5.74, 6) is 0.757.